The zero-order valence-corrected chi connectivity index (χ0v) is 11.7. The fourth-order valence-electron chi connectivity index (χ4n) is 1.03. The molecule has 0 spiro atoms. The Balaban J connectivity index is 2.69. The fourth-order valence-corrected chi connectivity index (χ4v) is 1.81. The Morgan fingerprint density at radius 1 is 1.10 bits per heavy atom. The Morgan fingerprint density at radius 3 is 2.15 bits per heavy atom. The van der Waals surface area contributed by atoms with Crippen molar-refractivity contribution in [2.24, 2.45) is 0 Å². The van der Waals surface area contributed by atoms with Crippen LogP contribution in [0, 0.1) is 0 Å². The molecular weight excluding hydrogens is 292 g/mol. The van der Waals surface area contributed by atoms with Gasteiger partial charge in [0.2, 0.25) is 21.6 Å². The average molecular weight is 306 g/mol. The maximum absolute atomic E-state index is 11.3. The van der Waals surface area contributed by atoms with E-state index in [1.54, 1.807) is 0 Å². The highest BCUT2D eigenvalue weighted by Crippen LogP contribution is 2.51. The van der Waals surface area contributed by atoms with Crippen LogP contribution in [0.25, 0.3) is 0 Å². The minimum Gasteiger partial charge on any atom is -0.501 e. The molecule has 0 aromatic carbocycles. The van der Waals surface area contributed by atoms with E-state index >= 15 is 0 Å². The summed E-state index contributed by atoms with van der Waals surface area (Å²) in [5.74, 6) is -1.45. The van der Waals surface area contributed by atoms with Crippen molar-refractivity contribution >= 4 is 23.6 Å². The average Bonchev–Trinajstić information content (AvgIpc) is 2.67. The molecule has 1 aromatic rings. The number of hydrogen-bond acceptors (Lipinski definition) is 9. The van der Waals surface area contributed by atoms with E-state index in [1.165, 1.54) is 0 Å². The summed E-state index contributed by atoms with van der Waals surface area (Å²) >= 11 is 0.551. The number of aromatic hydroxyl groups is 2. The number of methoxy groups -OCH3 is 1. The van der Waals surface area contributed by atoms with Crippen molar-refractivity contribution in [2.75, 3.05) is 13.7 Å². The van der Waals surface area contributed by atoms with Crippen molar-refractivity contribution in [3.05, 3.63) is 0 Å². The standard InChI is InChI=1S/C11H14O8S/c1-3-4-5-17-11(15)19-9-7(13)6(12)8(20-9)18-10(14)16-2/h12-13H,3-5H2,1-2H3. The van der Waals surface area contributed by atoms with Gasteiger partial charge in [-0.3, -0.25) is 0 Å². The van der Waals surface area contributed by atoms with Crippen LogP contribution in [0.4, 0.5) is 9.59 Å². The first-order valence-electron chi connectivity index (χ1n) is 5.64. The smallest absolute Gasteiger partial charge is 0.501 e. The first-order valence-corrected chi connectivity index (χ1v) is 6.46. The van der Waals surface area contributed by atoms with Crippen molar-refractivity contribution < 1.29 is 38.7 Å². The van der Waals surface area contributed by atoms with Gasteiger partial charge in [-0.1, -0.05) is 24.7 Å². The molecule has 0 atom stereocenters. The minimum absolute atomic E-state index is 0.180. The predicted octanol–water partition coefficient (Wildman–Crippen LogP) is 2.62. The van der Waals surface area contributed by atoms with Crippen LogP contribution in [0.1, 0.15) is 19.8 Å². The minimum atomic E-state index is -1.08. The Labute approximate surface area is 118 Å². The van der Waals surface area contributed by atoms with Crippen molar-refractivity contribution in [3.63, 3.8) is 0 Å². The number of carbonyl (C=O) groups is 2. The van der Waals surface area contributed by atoms with E-state index in [4.69, 9.17) is 4.74 Å². The van der Waals surface area contributed by atoms with Gasteiger partial charge >= 0.3 is 12.3 Å². The van der Waals surface area contributed by atoms with Crippen LogP contribution in [0.5, 0.6) is 21.6 Å². The van der Waals surface area contributed by atoms with Crippen LogP contribution in [0.3, 0.4) is 0 Å². The molecule has 0 aliphatic heterocycles. The molecule has 0 amide bonds. The molecule has 0 saturated carbocycles. The molecular formula is C11H14O8S. The highest BCUT2D eigenvalue weighted by molar-refractivity contribution is 7.16. The van der Waals surface area contributed by atoms with Crippen LogP contribution < -0.4 is 9.47 Å². The number of carbonyl (C=O) groups excluding carboxylic acids is 2. The molecule has 20 heavy (non-hydrogen) atoms. The first kappa shape index (κ1) is 15.9. The number of rotatable bonds is 5. The second-order valence-electron chi connectivity index (χ2n) is 3.48. The second kappa shape index (κ2) is 7.43. The number of hydrogen-bond donors (Lipinski definition) is 2. The van der Waals surface area contributed by atoms with Gasteiger partial charge in [-0.2, -0.15) is 0 Å². The highest BCUT2D eigenvalue weighted by atomic mass is 32.1. The second-order valence-corrected chi connectivity index (χ2v) is 4.43. The summed E-state index contributed by atoms with van der Waals surface area (Å²) in [6, 6.07) is 0. The molecule has 112 valence electrons. The predicted molar refractivity (Wildman–Crippen MR) is 67.6 cm³/mol. The molecule has 1 aromatic heterocycles. The van der Waals surface area contributed by atoms with Gasteiger partial charge < -0.3 is 29.2 Å². The summed E-state index contributed by atoms with van der Waals surface area (Å²) in [5, 5.41) is 18.3. The summed E-state index contributed by atoms with van der Waals surface area (Å²) in [6.45, 7) is 2.10. The van der Waals surface area contributed by atoms with Gasteiger partial charge in [0.15, 0.2) is 0 Å². The van der Waals surface area contributed by atoms with E-state index in [2.05, 4.69) is 14.2 Å². The van der Waals surface area contributed by atoms with Crippen LogP contribution in [0.2, 0.25) is 0 Å². The van der Waals surface area contributed by atoms with E-state index < -0.39 is 23.8 Å². The van der Waals surface area contributed by atoms with Crippen molar-refractivity contribution in [1.29, 1.82) is 0 Å². The molecule has 9 heteroatoms. The fraction of sp³-hybridized carbons (Fsp3) is 0.455. The van der Waals surface area contributed by atoms with Crippen molar-refractivity contribution in [1.82, 2.24) is 0 Å². The maximum atomic E-state index is 11.3. The molecule has 0 aliphatic carbocycles. The third kappa shape index (κ3) is 4.19. The van der Waals surface area contributed by atoms with Crippen LogP contribution >= 0.6 is 11.3 Å². The molecule has 0 aliphatic rings. The molecule has 2 N–H and O–H groups in total. The molecule has 0 radical (unpaired) electrons. The van der Waals surface area contributed by atoms with E-state index in [1.807, 2.05) is 6.92 Å². The summed E-state index contributed by atoms with van der Waals surface area (Å²) in [5.41, 5.74) is 0. The van der Waals surface area contributed by atoms with Crippen LogP contribution in [-0.2, 0) is 9.47 Å². The Bertz CT molecular complexity index is 481. The van der Waals surface area contributed by atoms with Gasteiger partial charge in [0, 0.05) is 0 Å². The van der Waals surface area contributed by atoms with Crippen molar-refractivity contribution in [3.8, 4) is 21.6 Å². The van der Waals surface area contributed by atoms with Gasteiger partial charge in [-0.05, 0) is 6.42 Å². The molecule has 1 rings (SSSR count). The SMILES string of the molecule is CCCCOC(=O)Oc1sc(OC(=O)OC)c(O)c1O. The topological polar surface area (TPSA) is 112 Å². The lowest BCUT2D eigenvalue weighted by Crippen LogP contribution is -2.10. The highest BCUT2D eigenvalue weighted by Gasteiger charge is 2.24. The molecule has 0 saturated heterocycles. The number of unbranched alkanes of at least 4 members (excludes halogenated alkanes) is 1. The van der Waals surface area contributed by atoms with E-state index in [9.17, 15) is 19.8 Å². The number of thiophene rings is 1. The largest absolute Gasteiger partial charge is 0.514 e. The van der Waals surface area contributed by atoms with E-state index in [-0.39, 0.29) is 16.7 Å². The molecule has 1 heterocycles. The summed E-state index contributed by atoms with van der Waals surface area (Å²) in [7, 11) is 1.08. The van der Waals surface area contributed by atoms with Gasteiger partial charge in [0.05, 0.1) is 13.7 Å². The van der Waals surface area contributed by atoms with Gasteiger partial charge in [-0.15, -0.1) is 0 Å². The monoisotopic (exact) mass is 306 g/mol. The Kier molecular flexibility index (Phi) is 5.91. The third-order valence-electron chi connectivity index (χ3n) is 2.03. The van der Waals surface area contributed by atoms with Gasteiger partial charge in [0.1, 0.15) is 0 Å². The number of ether oxygens (including phenoxy) is 4. The van der Waals surface area contributed by atoms with Crippen LogP contribution in [0.15, 0.2) is 0 Å². The van der Waals surface area contributed by atoms with E-state index in [0.29, 0.717) is 17.8 Å². The molecule has 0 unspecified atom stereocenters. The lowest BCUT2D eigenvalue weighted by Gasteiger charge is -2.03. The Morgan fingerprint density at radius 2 is 1.65 bits per heavy atom. The summed E-state index contributed by atoms with van der Waals surface area (Å²) in [6.07, 6.45) is -0.596. The zero-order valence-electron chi connectivity index (χ0n) is 10.9. The van der Waals surface area contributed by atoms with Gasteiger partial charge in [0.25, 0.3) is 0 Å². The lowest BCUT2D eigenvalue weighted by atomic mass is 10.4. The first-order chi connectivity index (χ1) is 9.49. The summed E-state index contributed by atoms with van der Waals surface area (Å²) in [4.78, 5) is 22.2. The Hall–Kier alpha value is -2.16. The zero-order chi connectivity index (χ0) is 15.1. The molecule has 8 nitrogen and oxygen atoms in total. The van der Waals surface area contributed by atoms with Crippen LogP contribution in [-0.4, -0.2) is 36.2 Å². The normalized spacial score (nSPS) is 9.90. The lowest BCUT2D eigenvalue weighted by molar-refractivity contribution is 0.0979. The summed E-state index contributed by atoms with van der Waals surface area (Å²) < 4.78 is 18.2. The third-order valence-corrected chi connectivity index (χ3v) is 2.96. The van der Waals surface area contributed by atoms with Crippen molar-refractivity contribution in [2.45, 2.75) is 19.8 Å². The maximum Gasteiger partial charge on any atom is 0.514 e. The van der Waals surface area contributed by atoms with E-state index in [0.717, 1.165) is 13.5 Å². The quantitative estimate of drug-likeness (QED) is 0.630. The molecule has 0 fully saturated rings. The van der Waals surface area contributed by atoms with Gasteiger partial charge in [-0.25, -0.2) is 9.59 Å². The molecule has 0 bridgehead atoms.